The zero-order chi connectivity index (χ0) is 25.9. The predicted octanol–water partition coefficient (Wildman–Crippen LogP) is 10.7. The number of allylic oxidation sites excluding steroid dienone is 7. The fourth-order valence-corrected chi connectivity index (χ4v) is 5.21. The van der Waals surface area contributed by atoms with Gasteiger partial charge in [-0.2, -0.15) is 0 Å². The Bertz CT molecular complexity index is 1080. The Morgan fingerprint density at radius 3 is 2.36 bits per heavy atom. The van der Waals surface area contributed by atoms with Gasteiger partial charge in [-0.05, 0) is 92.0 Å². The van der Waals surface area contributed by atoms with E-state index in [-0.39, 0.29) is 12.2 Å². The highest BCUT2D eigenvalue weighted by atomic mass is 19.2. The molecule has 1 aliphatic carbocycles. The first-order valence-electron chi connectivity index (χ1n) is 13.3. The summed E-state index contributed by atoms with van der Waals surface area (Å²) in [6.45, 7) is 7.57. The number of halogens is 3. The largest absolute Gasteiger partial charge is 0.208 e. The molecule has 0 aliphatic heterocycles. The van der Waals surface area contributed by atoms with Gasteiger partial charge < -0.3 is 0 Å². The molecule has 1 fully saturated rings. The molecule has 0 unspecified atom stereocenters. The van der Waals surface area contributed by atoms with Crippen molar-refractivity contribution in [1.29, 1.82) is 0 Å². The predicted molar refractivity (Wildman–Crippen MR) is 147 cm³/mol. The summed E-state index contributed by atoms with van der Waals surface area (Å²) in [5, 5.41) is 0. The molecule has 0 heterocycles. The summed E-state index contributed by atoms with van der Waals surface area (Å²) >= 11 is 0. The van der Waals surface area contributed by atoms with Crippen LogP contribution in [0.3, 0.4) is 0 Å². The van der Waals surface area contributed by atoms with E-state index in [4.69, 9.17) is 0 Å². The summed E-state index contributed by atoms with van der Waals surface area (Å²) in [5.41, 5.74) is 3.32. The van der Waals surface area contributed by atoms with Gasteiger partial charge in [0.05, 0.1) is 0 Å². The van der Waals surface area contributed by atoms with Crippen molar-refractivity contribution in [3.63, 3.8) is 0 Å². The lowest BCUT2D eigenvalue weighted by atomic mass is 9.77. The molecule has 2 aromatic carbocycles. The zero-order valence-corrected chi connectivity index (χ0v) is 21.7. The van der Waals surface area contributed by atoms with Crippen molar-refractivity contribution >= 4 is 0 Å². The SMILES string of the molecule is C=C/C=C(CCC)\C(F)=C(\F)Cc1ccc(-c2ccc(C3CCC(CC/C=C/C)CC3)cc2F)cc1. The molecule has 1 saturated carbocycles. The molecule has 0 atom stereocenters. The molecule has 0 N–H and O–H groups in total. The summed E-state index contributed by atoms with van der Waals surface area (Å²) < 4.78 is 44.2. The van der Waals surface area contributed by atoms with Crippen LogP contribution in [0.25, 0.3) is 11.1 Å². The van der Waals surface area contributed by atoms with Gasteiger partial charge in [-0.3, -0.25) is 0 Å². The van der Waals surface area contributed by atoms with E-state index in [1.807, 2.05) is 13.0 Å². The quantitative estimate of drug-likeness (QED) is 0.216. The van der Waals surface area contributed by atoms with Crippen molar-refractivity contribution in [2.75, 3.05) is 0 Å². The van der Waals surface area contributed by atoms with Crippen LogP contribution in [0.5, 0.6) is 0 Å². The molecule has 0 saturated heterocycles. The minimum absolute atomic E-state index is 0.136. The van der Waals surface area contributed by atoms with E-state index in [9.17, 15) is 8.78 Å². The van der Waals surface area contributed by atoms with Gasteiger partial charge in [0.25, 0.3) is 0 Å². The molecule has 0 radical (unpaired) electrons. The molecular weight excluding hydrogens is 453 g/mol. The molecule has 0 aromatic heterocycles. The lowest BCUT2D eigenvalue weighted by molar-refractivity contribution is 0.311. The lowest BCUT2D eigenvalue weighted by Crippen LogP contribution is -2.13. The summed E-state index contributed by atoms with van der Waals surface area (Å²) in [7, 11) is 0. The second-order valence-electron chi connectivity index (χ2n) is 9.87. The standard InChI is InChI=1S/C33H39F3/c1-4-7-8-11-24-12-16-26(17-13-24)29-20-21-30(31(34)23-29)27-18-14-25(15-19-27)22-32(35)33(36)28(9-5-2)10-6-3/h4-5,7,9,14-15,18-21,23-24,26H,2,6,8,10-13,16-17,22H2,1,3H3/b7-4+,28-9-,33-32-. The van der Waals surface area contributed by atoms with Crippen molar-refractivity contribution in [3.05, 3.63) is 108 Å². The molecule has 1 aliphatic rings. The zero-order valence-electron chi connectivity index (χ0n) is 21.7. The van der Waals surface area contributed by atoms with E-state index in [0.717, 1.165) is 42.7 Å². The van der Waals surface area contributed by atoms with Crippen LogP contribution in [0.15, 0.2) is 90.6 Å². The molecular formula is C33H39F3. The average molecular weight is 493 g/mol. The van der Waals surface area contributed by atoms with Crippen LogP contribution >= 0.6 is 0 Å². The van der Waals surface area contributed by atoms with Gasteiger partial charge in [0.1, 0.15) is 11.6 Å². The highest BCUT2D eigenvalue weighted by Crippen LogP contribution is 2.38. The number of hydrogen-bond donors (Lipinski definition) is 0. The second kappa shape index (κ2) is 14.1. The monoisotopic (exact) mass is 492 g/mol. The minimum Gasteiger partial charge on any atom is -0.208 e. The van der Waals surface area contributed by atoms with Gasteiger partial charge in [0, 0.05) is 12.0 Å². The first kappa shape index (κ1) is 27.8. The van der Waals surface area contributed by atoms with Crippen LogP contribution in [0.2, 0.25) is 0 Å². The Kier molecular flexibility index (Phi) is 10.8. The van der Waals surface area contributed by atoms with E-state index >= 15 is 4.39 Å². The first-order chi connectivity index (χ1) is 17.5. The Labute approximate surface area is 215 Å². The van der Waals surface area contributed by atoms with E-state index in [2.05, 4.69) is 31.7 Å². The minimum atomic E-state index is -0.811. The van der Waals surface area contributed by atoms with Gasteiger partial charge >= 0.3 is 0 Å². The third kappa shape index (κ3) is 7.59. The van der Waals surface area contributed by atoms with Crippen molar-refractivity contribution in [3.8, 4) is 11.1 Å². The summed E-state index contributed by atoms with van der Waals surface area (Å²) in [6.07, 6.45) is 15.4. The van der Waals surface area contributed by atoms with Gasteiger partial charge in [0.2, 0.25) is 0 Å². The van der Waals surface area contributed by atoms with Gasteiger partial charge in [-0.1, -0.05) is 80.6 Å². The molecule has 3 rings (SSSR count). The summed E-state index contributed by atoms with van der Waals surface area (Å²) in [6, 6.07) is 12.6. The van der Waals surface area contributed by atoms with E-state index < -0.39 is 11.7 Å². The smallest absolute Gasteiger partial charge is 0.158 e. The third-order valence-electron chi connectivity index (χ3n) is 7.27. The first-order valence-corrected chi connectivity index (χ1v) is 13.3. The maximum Gasteiger partial charge on any atom is 0.158 e. The van der Waals surface area contributed by atoms with E-state index in [1.165, 1.54) is 31.4 Å². The van der Waals surface area contributed by atoms with Crippen LogP contribution in [-0.4, -0.2) is 0 Å². The van der Waals surface area contributed by atoms with E-state index in [0.29, 0.717) is 29.0 Å². The normalized spacial score (nSPS) is 19.4. The van der Waals surface area contributed by atoms with Crippen LogP contribution in [-0.2, 0) is 6.42 Å². The number of hydrogen-bond acceptors (Lipinski definition) is 0. The maximum absolute atomic E-state index is 15.1. The van der Waals surface area contributed by atoms with Gasteiger partial charge in [0.15, 0.2) is 5.83 Å². The van der Waals surface area contributed by atoms with Gasteiger partial charge in [-0.15, -0.1) is 0 Å². The van der Waals surface area contributed by atoms with Crippen LogP contribution < -0.4 is 0 Å². The lowest BCUT2D eigenvalue weighted by Gasteiger charge is -2.28. The van der Waals surface area contributed by atoms with Crippen molar-refractivity contribution in [2.24, 2.45) is 5.92 Å². The number of benzene rings is 2. The molecule has 0 bridgehead atoms. The fourth-order valence-electron chi connectivity index (χ4n) is 5.21. The molecule has 36 heavy (non-hydrogen) atoms. The Balaban J connectivity index is 1.65. The van der Waals surface area contributed by atoms with E-state index in [1.54, 1.807) is 30.3 Å². The fraction of sp³-hybridized carbons (Fsp3) is 0.394. The maximum atomic E-state index is 15.1. The van der Waals surface area contributed by atoms with Crippen molar-refractivity contribution in [2.45, 2.75) is 77.6 Å². The molecule has 3 heteroatoms. The summed E-state index contributed by atoms with van der Waals surface area (Å²) in [5.74, 6) is -0.632. The van der Waals surface area contributed by atoms with Crippen molar-refractivity contribution < 1.29 is 13.2 Å². The van der Waals surface area contributed by atoms with Crippen LogP contribution in [0.4, 0.5) is 13.2 Å². The van der Waals surface area contributed by atoms with Crippen LogP contribution in [0.1, 0.15) is 82.3 Å². The van der Waals surface area contributed by atoms with Crippen molar-refractivity contribution in [1.82, 2.24) is 0 Å². The topological polar surface area (TPSA) is 0 Å². The molecule has 2 aromatic rings. The highest BCUT2D eigenvalue weighted by molar-refractivity contribution is 5.65. The molecule has 192 valence electrons. The molecule has 0 amide bonds. The Hall–Kier alpha value is -2.81. The Morgan fingerprint density at radius 1 is 1.03 bits per heavy atom. The van der Waals surface area contributed by atoms with Crippen LogP contribution in [0, 0.1) is 11.7 Å². The summed E-state index contributed by atoms with van der Waals surface area (Å²) in [4.78, 5) is 0. The third-order valence-corrected chi connectivity index (χ3v) is 7.27. The second-order valence-corrected chi connectivity index (χ2v) is 9.87. The highest BCUT2D eigenvalue weighted by Gasteiger charge is 2.23. The molecule has 0 spiro atoms. The molecule has 0 nitrogen and oxygen atoms in total. The van der Waals surface area contributed by atoms with Gasteiger partial charge in [-0.25, -0.2) is 13.2 Å². The average Bonchev–Trinajstić information content (AvgIpc) is 2.89. The number of rotatable bonds is 11. The Morgan fingerprint density at radius 2 is 1.75 bits per heavy atom.